The molecule has 1 aromatic carbocycles. The molecule has 1 aliphatic carbocycles. The third-order valence-electron chi connectivity index (χ3n) is 8.53. The van der Waals surface area contributed by atoms with E-state index < -0.39 is 23.1 Å². The van der Waals surface area contributed by atoms with Crippen LogP contribution in [0.15, 0.2) is 12.1 Å². The molecular formula is C27H37F3N2O4. The van der Waals surface area contributed by atoms with Gasteiger partial charge in [-0.2, -0.15) is 13.2 Å². The van der Waals surface area contributed by atoms with E-state index in [2.05, 4.69) is 26.1 Å². The Balaban J connectivity index is 1.56. The first-order valence-electron chi connectivity index (χ1n) is 12.9. The number of benzene rings is 1. The highest BCUT2D eigenvalue weighted by Gasteiger charge is 2.50. The van der Waals surface area contributed by atoms with Crippen molar-refractivity contribution in [2.45, 2.75) is 77.7 Å². The summed E-state index contributed by atoms with van der Waals surface area (Å²) in [5, 5.41) is 3.77. The highest BCUT2D eigenvalue weighted by atomic mass is 19.4. The van der Waals surface area contributed by atoms with Crippen molar-refractivity contribution in [3.8, 4) is 0 Å². The number of carbonyl (C=O) groups is 2. The number of methoxy groups -OCH3 is 1. The van der Waals surface area contributed by atoms with Gasteiger partial charge >= 0.3 is 12.1 Å². The smallest absolute Gasteiger partial charge is 0.416 e. The standard InChI is InChI=1S/C27H37F3N2O4/c1-16(2)26(8-5-20(13-26)31-23-7-10-36-15-17(23)3)25(34)32-9-6-21-18(14-32)11-19(27(28,29)30)12-22(21)24(33)35-4/h11-12,16-17,20,23,31H,5-10,13-15H2,1-4H3/t17?,20-,23?,26+/m1/s1. The van der Waals surface area contributed by atoms with E-state index in [0.717, 1.165) is 51.7 Å². The first-order chi connectivity index (χ1) is 17.0. The van der Waals surface area contributed by atoms with Crippen LogP contribution in [0, 0.1) is 17.3 Å². The Morgan fingerprint density at radius 1 is 1.25 bits per heavy atom. The second-order valence-electron chi connectivity index (χ2n) is 11.0. The van der Waals surface area contributed by atoms with E-state index >= 15 is 0 Å². The Morgan fingerprint density at radius 2 is 2.00 bits per heavy atom. The minimum atomic E-state index is -4.60. The second kappa shape index (κ2) is 10.3. The maximum Gasteiger partial charge on any atom is 0.416 e. The van der Waals surface area contributed by atoms with Gasteiger partial charge in [0.1, 0.15) is 0 Å². The van der Waals surface area contributed by atoms with Crippen LogP contribution in [0.4, 0.5) is 13.2 Å². The molecular weight excluding hydrogens is 473 g/mol. The Bertz CT molecular complexity index is 996. The molecule has 2 aliphatic heterocycles. The number of rotatable bonds is 5. The minimum absolute atomic E-state index is 0.00417. The minimum Gasteiger partial charge on any atom is -0.465 e. The van der Waals surface area contributed by atoms with E-state index in [1.54, 1.807) is 4.90 Å². The first-order valence-corrected chi connectivity index (χ1v) is 12.9. The average Bonchev–Trinajstić information content (AvgIpc) is 3.28. The lowest BCUT2D eigenvalue weighted by atomic mass is 9.73. The number of fused-ring (bicyclic) bond motifs is 1. The zero-order chi connectivity index (χ0) is 26.3. The van der Waals surface area contributed by atoms with Gasteiger partial charge in [0, 0.05) is 31.8 Å². The van der Waals surface area contributed by atoms with E-state index in [-0.39, 0.29) is 30.0 Å². The number of nitrogens with zero attached hydrogens (tertiary/aromatic N) is 1. The lowest BCUT2D eigenvalue weighted by Crippen LogP contribution is -2.50. The second-order valence-corrected chi connectivity index (χ2v) is 11.0. The number of carbonyl (C=O) groups excluding carboxylic acids is 2. The topological polar surface area (TPSA) is 67.9 Å². The largest absolute Gasteiger partial charge is 0.465 e. The third-order valence-corrected chi connectivity index (χ3v) is 8.53. The highest BCUT2D eigenvalue weighted by Crippen LogP contribution is 2.47. The molecule has 0 bridgehead atoms. The van der Waals surface area contributed by atoms with Crippen LogP contribution < -0.4 is 5.32 Å². The fourth-order valence-corrected chi connectivity index (χ4v) is 6.26. The lowest BCUT2D eigenvalue weighted by Gasteiger charge is -2.40. The highest BCUT2D eigenvalue weighted by molar-refractivity contribution is 5.92. The van der Waals surface area contributed by atoms with Crippen molar-refractivity contribution in [2.75, 3.05) is 26.9 Å². The number of esters is 1. The first kappa shape index (κ1) is 26.9. The zero-order valence-electron chi connectivity index (χ0n) is 21.5. The lowest BCUT2D eigenvalue weighted by molar-refractivity contribution is -0.145. The number of nitrogens with one attached hydrogen (secondary N) is 1. The van der Waals surface area contributed by atoms with Crippen molar-refractivity contribution < 1.29 is 32.2 Å². The summed E-state index contributed by atoms with van der Waals surface area (Å²) >= 11 is 0. The molecule has 200 valence electrons. The van der Waals surface area contributed by atoms with Crippen molar-refractivity contribution in [2.24, 2.45) is 17.3 Å². The molecule has 0 spiro atoms. The van der Waals surface area contributed by atoms with E-state index in [1.807, 2.05) is 0 Å². The third kappa shape index (κ3) is 5.14. The summed E-state index contributed by atoms with van der Waals surface area (Å²) in [5.74, 6) is -0.279. The van der Waals surface area contributed by atoms with Crippen LogP contribution in [-0.2, 0) is 33.4 Å². The van der Waals surface area contributed by atoms with Crippen molar-refractivity contribution in [1.29, 1.82) is 0 Å². The number of ether oxygens (including phenoxy) is 2. The van der Waals surface area contributed by atoms with Crippen LogP contribution in [0.25, 0.3) is 0 Å². The number of hydrogen-bond donors (Lipinski definition) is 1. The van der Waals surface area contributed by atoms with Gasteiger partial charge < -0.3 is 19.7 Å². The normalized spacial score (nSPS) is 28.8. The number of amides is 1. The molecule has 1 amide bonds. The fourth-order valence-electron chi connectivity index (χ4n) is 6.26. The van der Waals surface area contributed by atoms with Crippen LogP contribution >= 0.6 is 0 Å². The molecule has 2 unspecified atom stereocenters. The predicted octanol–water partition coefficient (Wildman–Crippen LogP) is 4.59. The van der Waals surface area contributed by atoms with Gasteiger partial charge in [0.05, 0.1) is 30.3 Å². The molecule has 3 aliphatic rings. The van der Waals surface area contributed by atoms with E-state index in [9.17, 15) is 22.8 Å². The Morgan fingerprint density at radius 3 is 2.64 bits per heavy atom. The van der Waals surface area contributed by atoms with Gasteiger partial charge in [0.15, 0.2) is 0 Å². The SMILES string of the molecule is COC(=O)c1cc(C(F)(F)F)cc2c1CCN(C(=O)[C@@]1(C(C)C)CC[C@@H](NC3CCOCC3C)C1)C2. The van der Waals surface area contributed by atoms with Gasteiger partial charge in [0.2, 0.25) is 5.91 Å². The van der Waals surface area contributed by atoms with Gasteiger partial charge in [-0.15, -0.1) is 0 Å². The average molecular weight is 511 g/mol. The molecule has 9 heteroatoms. The van der Waals surface area contributed by atoms with E-state index in [1.165, 1.54) is 0 Å². The van der Waals surface area contributed by atoms with Crippen molar-refractivity contribution in [1.82, 2.24) is 10.2 Å². The quantitative estimate of drug-likeness (QED) is 0.587. The van der Waals surface area contributed by atoms with Crippen LogP contribution in [-0.4, -0.2) is 55.7 Å². The molecule has 1 saturated carbocycles. The van der Waals surface area contributed by atoms with E-state index in [0.29, 0.717) is 42.5 Å². The van der Waals surface area contributed by atoms with Crippen LogP contribution in [0.5, 0.6) is 0 Å². The van der Waals surface area contributed by atoms with Gasteiger partial charge in [-0.3, -0.25) is 4.79 Å². The summed E-state index contributed by atoms with van der Waals surface area (Å²) in [6.45, 7) is 8.20. The molecule has 2 heterocycles. The Kier molecular flexibility index (Phi) is 7.72. The maximum atomic E-state index is 14.0. The zero-order valence-corrected chi connectivity index (χ0v) is 21.5. The molecule has 1 aromatic rings. The van der Waals surface area contributed by atoms with Crippen molar-refractivity contribution in [3.05, 3.63) is 34.4 Å². The monoisotopic (exact) mass is 510 g/mol. The molecule has 0 radical (unpaired) electrons. The van der Waals surface area contributed by atoms with Gasteiger partial charge in [-0.25, -0.2) is 4.79 Å². The molecule has 1 saturated heterocycles. The number of alkyl halides is 3. The summed E-state index contributed by atoms with van der Waals surface area (Å²) in [5.41, 5.74) is -0.616. The maximum absolute atomic E-state index is 14.0. The van der Waals surface area contributed by atoms with Gasteiger partial charge in [-0.1, -0.05) is 20.8 Å². The summed E-state index contributed by atoms with van der Waals surface area (Å²) < 4.78 is 51.1. The molecule has 4 rings (SSSR count). The summed E-state index contributed by atoms with van der Waals surface area (Å²) in [4.78, 5) is 28.0. The molecule has 4 atom stereocenters. The van der Waals surface area contributed by atoms with Crippen LogP contribution in [0.2, 0.25) is 0 Å². The molecule has 6 nitrogen and oxygen atoms in total. The number of halogens is 3. The van der Waals surface area contributed by atoms with E-state index in [4.69, 9.17) is 9.47 Å². The predicted molar refractivity (Wildman–Crippen MR) is 128 cm³/mol. The fraction of sp³-hybridized carbons (Fsp3) is 0.704. The molecule has 36 heavy (non-hydrogen) atoms. The Hall–Kier alpha value is -2.13. The molecule has 1 N–H and O–H groups in total. The summed E-state index contributed by atoms with van der Waals surface area (Å²) in [6.07, 6.45) is -0.977. The Labute approximate surface area is 210 Å². The summed E-state index contributed by atoms with van der Waals surface area (Å²) in [7, 11) is 1.16. The molecule has 0 aromatic heterocycles. The van der Waals surface area contributed by atoms with Crippen LogP contribution in [0.1, 0.15) is 73.5 Å². The van der Waals surface area contributed by atoms with Gasteiger partial charge in [-0.05, 0) is 67.2 Å². The summed E-state index contributed by atoms with van der Waals surface area (Å²) in [6, 6.07) is 2.53. The van der Waals surface area contributed by atoms with Crippen molar-refractivity contribution in [3.63, 3.8) is 0 Å². The van der Waals surface area contributed by atoms with Crippen molar-refractivity contribution >= 4 is 11.9 Å². The van der Waals surface area contributed by atoms with Gasteiger partial charge in [0.25, 0.3) is 0 Å². The number of hydrogen-bond acceptors (Lipinski definition) is 5. The molecule has 2 fully saturated rings. The van der Waals surface area contributed by atoms with Crippen LogP contribution in [0.3, 0.4) is 0 Å².